The van der Waals surface area contributed by atoms with Gasteiger partial charge in [0.2, 0.25) is 0 Å². The highest BCUT2D eigenvalue weighted by molar-refractivity contribution is 5.97. The maximum Gasteiger partial charge on any atom is 0.166 e. The van der Waals surface area contributed by atoms with Crippen molar-refractivity contribution < 1.29 is 4.79 Å². The highest BCUT2D eigenvalue weighted by Gasteiger charge is 2.15. The molecule has 0 aliphatic rings. The predicted octanol–water partition coefficient (Wildman–Crippen LogP) is 3.19. The number of rotatable bonds is 5. The molecule has 0 amide bonds. The number of Topliss-reactive ketones (excluding diaryl/α,β-unsaturated/α-hetero) is 1. The molecule has 0 saturated heterocycles. The molecule has 0 heterocycles. The van der Waals surface area contributed by atoms with E-state index in [0.29, 0.717) is 5.92 Å². The molecule has 1 rings (SSSR count). The van der Waals surface area contributed by atoms with Crippen LogP contribution in [-0.4, -0.2) is 31.3 Å². The zero-order valence-corrected chi connectivity index (χ0v) is 11.5. The van der Waals surface area contributed by atoms with Crippen molar-refractivity contribution in [3.63, 3.8) is 0 Å². The third-order valence-electron chi connectivity index (χ3n) is 2.95. The summed E-state index contributed by atoms with van der Waals surface area (Å²) >= 11 is 0. The van der Waals surface area contributed by atoms with Crippen LogP contribution >= 0.6 is 0 Å². The summed E-state index contributed by atoms with van der Waals surface area (Å²) in [7, 11) is 3.98. The van der Waals surface area contributed by atoms with Gasteiger partial charge in [0.05, 0.1) is 0 Å². The Hall–Kier alpha value is -1.15. The van der Waals surface area contributed by atoms with Crippen LogP contribution in [0.3, 0.4) is 0 Å². The van der Waals surface area contributed by atoms with Gasteiger partial charge in [-0.2, -0.15) is 0 Å². The Balaban J connectivity index is 2.76. The molecule has 0 aliphatic carbocycles. The summed E-state index contributed by atoms with van der Waals surface area (Å²) in [4.78, 5) is 14.2. The second-order valence-electron chi connectivity index (χ2n) is 5.30. The quantitative estimate of drug-likeness (QED) is 0.728. The Kier molecular flexibility index (Phi) is 4.88. The van der Waals surface area contributed by atoms with Crippen molar-refractivity contribution in [1.29, 1.82) is 0 Å². The summed E-state index contributed by atoms with van der Waals surface area (Å²) in [6.45, 7) is 7.10. The van der Waals surface area contributed by atoms with Crippen LogP contribution < -0.4 is 0 Å². The molecule has 17 heavy (non-hydrogen) atoms. The first-order valence-corrected chi connectivity index (χ1v) is 6.20. The Labute approximate surface area is 105 Å². The van der Waals surface area contributed by atoms with Crippen LogP contribution in [0, 0.1) is 5.92 Å². The van der Waals surface area contributed by atoms with E-state index in [1.54, 1.807) is 0 Å². The predicted molar refractivity (Wildman–Crippen MR) is 72.6 cm³/mol. The van der Waals surface area contributed by atoms with Gasteiger partial charge in [-0.15, -0.1) is 0 Å². The molecule has 0 saturated carbocycles. The minimum Gasteiger partial charge on any atom is -0.309 e. The molecule has 0 fully saturated rings. The maximum absolute atomic E-state index is 12.1. The second kappa shape index (κ2) is 5.97. The average molecular weight is 233 g/mol. The summed E-state index contributed by atoms with van der Waals surface area (Å²) in [5.41, 5.74) is 2.10. The summed E-state index contributed by atoms with van der Waals surface area (Å²) in [5.74, 6) is 0.794. The molecule has 0 aromatic heterocycles. The molecular formula is C15H23NO. The lowest BCUT2D eigenvalue weighted by Gasteiger charge is -2.16. The maximum atomic E-state index is 12.1. The molecule has 1 unspecified atom stereocenters. The van der Waals surface area contributed by atoms with E-state index in [4.69, 9.17) is 0 Å². The minimum absolute atomic E-state index is 0.0508. The summed E-state index contributed by atoms with van der Waals surface area (Å²) < 4.78 is 0. The third-order valence-corrected chi connectivity index (χ3v) is 2.95. The minimum atomic E-state index is 0.0508. The fourth-order valence-corrected chi connectivity index (χ4v) is 1.95. The van der Waals surface area contributed by atoms with Gasteiger partial charge in [0.1, 0.15) is 0 Å². The molecule has 2 heteroatoms. The number of nitrogens with zero attached hydrogens (tertiary/aromatic N) is 1. The van der Waals surface area contributed by atoms with Gasteiger partial charge in [0.15, 0.2) is 5.78 Å². The van der Waals surface area contributed by atoms with Crippen molar-refractivity contribution >= 4 is 5.78 Å². The highest BCUT2D eigenvalue weighted by Crippen LogP contribution is 2.16. The van der Waals surface area contributed by atoms with Gasteiger partial charge < -0.3 is 4.90 Å². The largest absolute Gasteiger partial charge is 0.309 e. The highest BCUT2D eigenvalue weighted by atomic mass is 16.1. The fraction of sp³-hybridized carbons (Fsp3) is 0.533. The third kappa shape index (κ3) is 3.97. The lowest BCUT2D eigenvalue weighted by Crippen LogP contribution is -2.25. The summed E-state index contributed by atoms with van der Waals surface area (Å²) in [5, 5.41) is 0. The molecule has 0 radical (unpaired) electrons. The lowest BCUT2D eigenvalue weighted by atomic mass is 9.96. The first-order valence-electron chi connectivity index (χ1n) is 6.20. The number of hydrogen-bond acceptors (Lipinski definition) is 2. The first-order chi connectivity index (χ1) is 7.91. The number of hydrogen-bond donors (Lipinski definition) is 0. The molecule has 2 nitrogen and oxygen atoms in total. The van der Waals surface area contributed by atoms with E-state index in [1.165, 1.54) is 5.56 Å². The number of benzene rings is 1. The van der Waals surface area contributed by atoms with Gasteiger partial charge in [-0.3, -0.25) is 4.79 Å². The molecule has 0 aliphatic heterocycles. The van der Waals surface area contributed by atoms with E-state index in [2.05, 4.69) is 26.0 Å². The summed E-state index contributed by atoms with van der Waals surface area (Å²) in [6.07, 6.45) is 0. The normalized spacial score (nSPS) is 13.1. The van der Waals surface area contributed by atoms with E-state index >= 15 is 0 Å². The SMILES string of the molecule is CC(CN(C)C)C(=O)c1ccc(C(C)C)cc1. The van der Waals surface area contributed by atoms with Crippen molar-refractivity contribution in [1.82, 2.24) is 4.90 Å². The topological polar surface area (TPSA) is 20.3 Å². The number of carbonyl (C=O) groups is 1. The van der Waals surface area contributed by atoms with E-state index in [1.807, 2.05) is 38.1 Å². The van der Waals surface area contributed by atoms with E-state index < -0.39 is 0 Å². The van der Waals surface area contributed by atoms with Crippen LogP contribution in [0.2, 0.25) is 0 Å². The van der Waals surface area contributed by atoms with Crippen LogP contribution in [0.5, 0.6) is 0 Å². The molecule has 1 aromatic rings. The van der Waals surface area contributed by atoms with Gasteiger partial charge in [-0.1, -0.05) is 45.0 Å². The van der Waals surface area contributed by atoms with E-state index in [-0.39, 0.29) is 11.7 Å². The van der Waals surface area contributed by atoms with Gasteiger partial charge >= 0.3 is 0 Å². The van der Waals surface area contributed by atoms with Gasteiger partial charge in [0, 0.05) is 18.0 Å². The van der Waals surface area contributed by atoms with Gasteiger partial charge in [-0.25, -0.2) is 0 Å². The van der Waals surface area contributed by atoms with Crippen molar-refractivity contribution in [3.8, 4) is 0 Å². The van der Waals surface area contributed by atoms with Crippen LogP contribution in [-0.2, 0) is 0 Å². The summed E-state index contributed by atoms with van der Waals surface area (Å²) in [6, 6.07) is 8.01. The van der Waals surface area contributed by atoms with Crippen molar-refractivity contribution in [2.45, 2.75) is 26.7 Å². The van der Waals surface area contributed by atoms with E-state index in [9.17, 15) is 4.79 Å². The molecule has 1 aromatic carbocycles. The van der Waals surface area contributed by atoms with Crippen LogP contribution in [0.1, 0.15) is 42.6 Å². The number of ketones is 1. The van der Waals surface area contributed by atoms with Crippen molar-refractivity contribution in [2.24, 2.45) is 5.92 Å². The van der Waals surface area contributed by atoms with Gasteiger partial charge in [-0.05, 0) is 25.6 Å². The fourth-order valence-electron chi connectivity index (χ4n) is 1.95. The number of carbonyl (C=O) groups excluding carboxylic acids is 1. The zero-order chi connectivity index (χ0) is 13.0. The molecule has 0 N–H and O–H groups in total. The smallest absolute Gasteiger partial charge is 0.166 e. The first kappa shape index (κ1) is 13.9. The lowest BCUT2D eigenvalue weighted by molar-refractivity contribution is 0.0910. The Bertz CT molecular complexity index is 365. The van der Waals surface area contributed by atoms with Crippen LogP contribution in [0.4, 0.5) is 0 Å². The Morgan fingerprint density at radius 2 is 1.65 bits per heavy atom. The van der Waals surface area contributed by atoms with Crippen LogP contribution in [0.25, 0.3) is 0 Å². The monoisotopic (exact) mass is 233 g/mol. The second-order valence-corrected chi connectivity index (χ2v) is 5.30. The van der Waals surface area contributed by atoms with Crippen molar-refractivity contribution in [3.05, 3.63) is 35.4 Å². The van der Waals surface area contributed by atoms with Gasteiger partial charge in [0.25, 0.3) is 0 Å². The molecule has 94 valence electrons. The van der Waals surface area contributed by atoms with Crippen molar-refractivity contribution in [2.75, 3.05) is 20.6 Å². The Morgan fingerprint density at radius 3 is 2.06 bits per heavy atom. The molecule has 0 spiro atoms. The molecular weight excluding hydrogens is 210 g/mol. The standard InChI is InChI=1S/C15H23NO/c1-11(2)13-6-8-14(9-7-13)15(17)12(3)10-16(4)5/h6-9,11-12H,10H2,1-5H3. The molecule has 1 atom stereocenters. The van der Waals surface area contributed by atoms with Crippen LogP contribution in [0.15, 0.2) is 24.3 Å². The Morgan fingerprint density at radius 1 is 1.12 bits per heavy atom. The average Bonchev–Trinajstić information content (AvgIpc) is 2.27. The zero-order valence-electron chi connectivity index (χ0n) is 11.5. The van der Waals surface area contributed by atoms with E-state index in [0.717, 1.165) is 12.1 Å². The molecule has 0 bridgehead atoms.